The van der Waals surface area contributed by atoms with Crippen LogP contribution in [0.4, 0.5) is 0 Å². The maximum Gasteiger partial charge on any atom is 0.246 e. The minimum absolute atomic E-state index is 0.282. The summed E-state index contributed by atoms with van der Waals surface area (Å²) in [5.41, 5.74) is 1.04. The summed E-state index contributed by atoms with van der Waals surface area (Å²) in [5.74, 6) is -1.69. The Morgan fingerprint density at radius 2 is 2.05 bits per heavy atom. The van der Waals surface area contributed by atoms with Crippen molar-refractivity contribution < 1.29 is 19.4 Å². The Hall–Kier alpha value is -1.92. The number of carboxylic acid groups (broad SMARTS) is 1. The van der Waals surface area contributed by atoms with Gasteiger partial charge in [-0.25, -0.2) is 0 Å². The number of carboxylic acids is 1. The minimum Gasteiger partial charge on any atom is -0.548 e. The molecule has 1 aromatic heterocycles. The van der Waals surface area contributed by atoms with Gasteiger partial charge >= 0.3 is 0 Å². The first-order chi connectivity index (χ1) is 9.16. The van der Waals surface area contributed by atoms with Crippen molar-refractivity contribution in [1.29, 1.82) is 0 Å². The van der Waals surface area contributed by atoms with Crippen LogP contribution in [0.5, 0.6) is 0 Å². The summed E-state index contributed by atoms with van der Waals surface area (Å²) in [6.45, 7) is -0.456. The normalized spacial score (nSPS) is 10.5. The van der Waals surface area contributed by atoms with Gasteiger partial charge in [-0.1, -0.05) is 18.2 Å². The number of fused-ring (bicyclic) bond motifs is 1. The fraction of sp³-hybridized carbons (Fsp3) is 0.231. The minimum atomic E-state index is -1.34. The monoisotopic (exact) mass is 278 g/mol. The van der Waals surface area contributed by atoms with E-state index >= 15 is 0 Å². The van der Waals surface area contributed by atoms with Crippen molar-refractivity contribution in [2.45, 2.75) is 6.54 Å². The van der Waals surface area contributed by atoms with Gasteiger partial charge in [0.2, 0.25) is 5.91 Å². The molecule has 0 aliphatic carbocycles. The highest BCUT2D eigenvalue weighted by Crippen LogP contribution is 2.25. The van der Waals surface area contributed by atoms with Crippen LogP contribution in [0.1, 0.15) is 5.56 Å². The zero-order valence-electron chi connectivity index (χ0n) is 10.0. The fourth-order valence-electron chi connectivity index (χ4n) is 1.64. The van der Waals surface area contributed by atoms with Crippen LogP contribution >= 0.6 is 11.3 Å². The van der Waals surface area contributed by atoms with Crippen LogP contribution in [-0.4, -0.2) is 25.1 Å². The summed E-state index contributed by atoms with van der Waals surface area (Å²) in [6.07, 6.45) is 0. The number of benzene rings is 1. The molecule has 19 heavy (non-hydrogen) atoms. The molecule has 0 aliphatic rings. The first-order valence-electron chi connectivity index (χ1n) is 5.66. The number of hydrogen-bond donors (Lipinski definition) is 1. The highest BCUT2D eigenvalue weighted by molar-refractivity contribution is 7.17. The van der Waals surface area contributed by atoms with Gasteiger partial charge in [0.25, 0.3) is 0 Å². The van der Waals surface area contributed by atoms with E-state index in [9.17, 15) is 14.7 Å². The molecule has 0 fully saturated rings. The van der Waals surface area contributed by atoms with Crippen LogP contribution in [0.25, 0.3) is 10.1 Å². The molecule has 0 aliphatic heterocycles. The van der Waals surface area contributed by atoms with E-state index in [0.29, 0.717) is 6.54 Å². The van der Waals surface area contributed by atoms with E-state index in [0.717, 1.165) is 10.9 Å². The molecule has 100 valence electrons. The molecular formula is C13H12NO4S-. The molecule has 1 amide bonds. The molecule has 0 spiro atoms. The third-order valence-electron chi connectivity index (χ3n) is 2.49. The maximum atomic E-state index is 11.4. The van der Waals surface area contributed by atoms with E-state index in [2.05, 4.69) is 10.1 Å². The second-order valence-corrected chi connectivity index (χ2v) is 4.81. The van der Waals surface area contributed by atoms with E-state index in [1.54, 1.807) is 11.3 Å². The van der Waals surface area contributed by atoms with Crippen molar-refractivity contribution in [3.05, 3.63) is 35.2 Å². The highest BCUT2D eigenvalue weighted by atomic mass is 32.1. The number of thiophene rings is 1. The lowest BCUT2D eigenvalue weighted by atomic mass is 10.2. The van der Waals surface area contributed by atoms with Crippen molar-refractivity contribution in [1.82, 2.24) is 5.32 Å². The molecule has 1 N–H and O–H groups in total. The van der Waals surface area contributed by atoms with Crippen LogP contribution in [-0.2, 0) is 20.9 Å². The van der Waals surface area contributed by atoms with Crippen LogP contribution in [0.2, 0.25) is 0 Å². The van der Waals surface area contributed by atoms with Crippen LogP contribution < -0.4 is 10.4 Å². The summed E-state index contributed by atoms with van der Waals surface area (Å²) < 4.78 is 5.81. The molecule has 0 atom stereocenters. The molecule has 6 heteroatoms. The second kappa shape index (κ2) is 6.31. The molecular weight excluding hydrogens is 266 g/mol. The number of nitrogens with one attached hydrogen (secondary N) is 1. The quantitative estimate of drug-likeness (QED) is 0.823. The fourth-order valence-corrected chi connectivity index (χ4v) is 2.60. The predicted molar refractivity (Wildman–Crippen MR) is 69.5 cm³/mol. The Morgan fingerprint density at radius 3 is 2.84 bits per heavy atom. The lowest BCUT2D eigenvalue weighted by Crippen LogP contribution is -2.32. The smallest absolute Gasteiger partial charge is 0.246 e. The van der Waals surface area contributed by atoms with Crippen molar-refractivity contribution in [2.75, 3.05) is 13.2 Å². The van der Waals surface area contributed by atoms with Crippen molar-refractivity contribution in [3.8, 4) is 0 Å². The lowest BCUT2D eigenvalue weighted by molar-refractivity contribution is -0.309. The van der Waals surface area contributed by atoms with E-state index in [1.807, 2.05) is 29.6 Å². The molecule has 0 bridgehead atoms. The van der Waals surface area contributed by atoms with Gasteiger partial charge in [0.15, 0.2) is 0 Å². The number of aliphatic carboxylic acids is 1. The summed E-state index contributed by atoms with van der Waals surface area (Å²) in [4.78, 5) is 21.5. The van der Waals surface area contributed by atoms with Gasteiger partial charge in [-0.05, 0) is 22.4 Å². The van der Waals surface area contributed by atoms with Gasteiger partial charge in [-0.3, -0.25) is 4.79 Å². The Labute approximate surface area is 113 Å². The number of carbonyl (C=O) groups is 2. The van der Waals surface area contributed by atoms with E-state index in [1.165, 1.54) is 4.70 Å². The maximum absolute atomic E-state index is 11.4. The number of amides is 1. The molecule has 0 saturated carbocycles. The van der Waals surface area contributed by atoms with Crippen molar-refractivity contribution >= 4 is 33.3 Å². The Bertz CT molecular complexity index is 593. The zero-order chi connectivity index (χ0) is 13.7. The van der Waals surface area contributed by atoms with Crippen LogP contribution in [0, 0.1) is 0 Å². The van der Waals surface area contributed by atoms with E-state index in [4.69, 9.17) is 0 Å². The summed E-state index contributed by atoms with van der Waals surface area (Å²) >= 11 is 1.62. The Kier molecular flexibility index (Phi) is 4.48. The number of rotatable bonds is 6. The van der Waals surface area contributed by atoms with E-state index in [-0.39, 0.29) is 12.5 Å². The standard InChI is InChI=1S/C13H13NO4S/c15-12(6-18-7-13(16)17)14-5-9-8-19-11-4-2-1-3-10(9)11/h1-4,8H,5-7H2,(H,14,15)(H,16,17)/p-1. The van der Waals surface area contributed by atoms with Crippen molar-refractivity contribution in [2.24, 2.45) is 0 Å². The Balaban J connectivity index is 1.85. The Morgan fingerprint density at radius 1 is 1.26 bits per heavy atom. The van der Waals surface area contributed by atoms with Gasteiger partial charge in [0, 0.05) is 11.2 Å². The molecule has 1 heterocycles. The third kappa shape index (κ3) is 3.77. The van der Waals surface area contributed by atoms with Gasteiger partial charge in [-0.2, -0.15) is 0 Å². The van der Waals surface area contributed by atoms with Crippen LogP contribution in [0.15, 0.2) is 29.6 Å². The SMILES string of the molecule is O=C([O-])COCC(=O)NCc1csc2ccccc12. The van der Waals surface area contributed by atoms with Crippen LogP contribution in [0.3, 0.4) is 0 Å². The van der Waals surface area contributed by atoms with E-state index < -0.39 is 12.6 Å². The second-order valence-electron chi connectivity index (χ2n) is 3.90. The highest BCUT2D eigenvalue weighted by Gasteiger charge is 2.05. The van der Waals surface area contributed by atoms with Gasteiger partial charge < -0.3 is 20.0 Å². The van der Waals surface area contributed by atoms with Gasteiger partial charge in [-0.15, -0.1) is 11.3 Å². The third-order valence-corrected chi connectivity index (χ3v) is 3.50. The molecule has 2 rings (SSSR count). The number of ether oxygens (including phenoxy) is 1. The number of hydrogen-bond acceptors (Lipinski definition) is 5. The predicted octanol–water partition coefficient (Wildman–Crippen LogP) is 0.284. The molecule has 0 unspecified atom stereocenters. The topological polar surface area (TPSA) is 78.5 Å². The summed E-state index contributed by atoms with van der Waals surface area (Å²) in [7, 11) is 0. The molecule has 1 aromatic carbocycles. The number of carbonyl (C=O) groups excluding carboxylic acids is 2. The first kappa shape index (κ1) is 13.5. The zero-order valence-corrected chi connectivity index (χ0v) is 10.9. The van der Waals surface area contributed by atoms with Gasteiger partial charge in [0.1, 0.15) is 6.61 Å². The average Bonchev–Trinajstić information content (AvgIpc) is 2.79. The average molecular weight is 278 g/mol. The largest absolute Gasteiger partial charge is 0.548 e. The summed E-state index contributed by atoms with van der Waals surface area (Å²) in [5, 5.41) is 15.9. The molecule has 5 nitrogen and oxygen atoms in total. The first-order valence-corrected chi connectivity index (χ1v) is 6.54. The lowest BCUT2D eigenvalue weighted by Gasteiger charge is -2.06. The van der Waals surface area contributed by atoms with Crippen molar-refractivity contribution in [3.63, 3.8) is 0 Å². The van der Waals surface area contributed by atoms with Gasteiger partial charge in [0.05, 0.1) is 12.6 Å². The molecule has 2 aromatic rings. The summed E-state index contributed by atoms with van der Waals surface area (Å²) in [6, 6.07) is 7.94. The molecule has 0 saturated heterocycles. The molecule has 0 radical (unpaired) electrons.